The maximum absolute atomic E-state index is 9.37. The van der Waals surface area contributed by atoms with E-state index >= 15 is 0 Å². The summed E-state index contributed by atoms with van der Waals surface area (Å²) in [5.41, 5.74) is 0. The van der Waals surface area contributed by atoms with Crippen LogP contribution in [-0.4, -0.2) is 24.3 Å². The van der Waals surface area contributed by atoms with Gasteiger partial charge in [0.15, 0.2) is 0 Å². The van der Waals surface area contributed by atoms with Crippen LogP contribution in [0.25, 0.3) is 0 Å². The van der Waals surface area contributed by atoms with Crippen molar-refractivity contribution in [3.63, 3.8) is 0 Å². The van der Waals surface area contributed by atoms with Gasteiger partial charge in [0.2, 0.25) is 0 Å². The van der Waals surface area contributed by atoms with Crippen LogP contribution in [0.4, 0.5) is 0 Å². The Labute approximate surface area is 112 Å². The molecule has 2 N–H and O–H groups in total. The van der Waals surface area contributed by atoms with Gasteiger partial charge in [0.1, 0.15) is 0 Å². The fourth-order valence-corrected chi connectivity index (χ4v) is 4.35. The summed E-state index contributed by atoms with van der Waals surface area (Å²) in [6.07, 6.45) is 12.7. The molecule has 0 amide bonds. The van der Waals surface area contributed by atoms with Crippen LogP contribution in [0.1, 0.15) is 57.8 Å². The highest BCUT2D eigenvalue weighted by Gasteiger charge is 2.35. The number of hydrogen-bond donors (Lipinski definition) is 2. The Balaban J connectivity index is 1.41. The van der Waals surface area contributed by atoms with Crippen molar-refractivity contribution in [1.82, 2.24) is 5.32 Å². The van der Waals surface area contributed by atoms with E-state index in [1.165, 1.54) is 57.8 Å². The third-order valence-corrected chi connectivity index (χ3v) is 5.72. The van der Waals surface area contributed by atoms with Gasteiger partial charge in [-0.3, -0.25) is 0 Å². The van der Waals surface area contributed by atoms with E-state index in [2.05, 4.69) is 5.32 Å². The zero-order chi connectivity index (χ0) is 12.4. The molecule has 0 aliphatic heterocycles. The molecule has 0 aromatic heterocycles. The normalized spacial score (nSPS) is 41.2. The highest BCUT2D eigenvalue weighted by atomic mass is 16.3. The van der Waals surface area contributed by atoms with Crippen LogP contribution in [0.5, 0.6) is 0 Å². The smallest absolute Gasteiger partial charge is 0.0462 e. The van der Waals surface area contributed by atoms with Crippen LogP contribution in [0.15, 0.2) is 0 Å². The van der Waals surface area contributed by atoms with Gasteiger partial charge in [-0.05, 0) is 68.7 Å². The highest BCUT2D eigenvalue weighted by Crippen LogP contribution is 2.44. The summed E-state index contributed by atoms with van der Waals surface area (Å²) in [6.45, 7) is 1.56. The summed E-state index contributed by atoms with van der Waals surface area (Å²) in [6, 6.07) is 0.782. The zero-order valence-corrected chi connectivity index (χ0v) is 11.6. The Morgan fingerprint density at radius 3 is 2.39 bits per heavy atom. The molecule has 3 aliphatic carbocycles. The molecule has 0 bridgehead atoms. The summed E-state index contributed by atoms with van der Waals surface area (Å²) < 4.78 is 0. The maximum Gasteiger partial charge on any atom is 0.0462 e. The van der Waals surface area contributed by atoms with Crippen molar-refractivity contribution >= 4 is 0 Å². The lowest BCUT2D eigenvalue weighted by Crippen LogP contribution is -2.38. The molecule has 0 radical (unpaired) electrons. The molecule has 3 rings (SSSR count). The van der Waals surface area contributed by atoms with E-state index in [4.69, 9.17) is 0 Å². The quantitative estimate of drug-likeness (QED) is 0.787. The summed E-state index contributed by atoms with van der Waals surface area (Å²) >= 11 is 0. The molecule has 0 spiro atoms. The van der Waals surface area contributed by atoms with E-state index in [-0.39, 0.29) is 0 Å². The van der Waals surface area contributed by atoms with Gasteiger partial charge < -0.3 is 10.4 Å². The second-order valence-corrected chi connectivity index (χ2v) is 7.00. The Hall–Kier alpha value is -0.0800. The van der Waals surface area contributed by atoms with Crippen LogP contribution < -0.4 is 5.32 Å². The van der Waals surface area contributed by atoms with E-state index in [1.54, 1.807) is 0 Å². The van der Waals surface area contributed by atoms with Crippen LogP contribution >= 0.6 is 0 Å². The van der Waals surface area contributed by atoms with Gasteiger partial charge in [-0.15, -0.1) is 0 Å². The van der Waals surface area contributed by atoms with Gasteiger partial charge >= 0.3 is 0 Å². The summed E-state index contributed by atoms with van der Waals surface area (Å²) in [4.78, 5) is 0. The molecule has 0 heterocycles. The average Bonchev–Trinajstić information content (AvgIpc) is 3.16. The first-order valence-electron chi connectivity index (χ1n) is 8.21. The van der Waals surface area contributed by atoms with Gasteiger partial charge in [-0.1, -0.05) is 19.3 Å². The van der Waals surface area contributed by atoms with Crippen molar-refractivity contribution in [2.45, 2.75) is 63.8 Å². The van der Waals surface area contributed by atoms with Crippen LogP contribution in [0.3, 0.4) is 0 Å². The van der Waals surface area contributed by atoms with Crippen molar-refractivity contribution in [3.05, 3.63) is 0 Å². The minimum atomic E-state index is 0.404. The molecule has 0 saturated heterocycles. The Bertz CT molecular complexity index is 264. The molecule has 0 aromatic rings. The first-order valence-corrected chi connectivity index (χ1v) is 8.21. The lowest BCUT2D eigenvalue weighted by molar-refractivity contribution is 0.183. The summed E-state index contributed by atoms with van der Waals surface area (Å²) in [5.74, 6) is 3.45. The van der Waals surface area contributed by atoms with E-state index in [0.29, 0.717) is 12.5 Å². The molecule has 18 heavy (non-hydrogen) atoms. The third-order valence-electron chi connectivity index (χ3n) is 5.72. The molecule has 3 aliphatic rings. The van der Waals surface area contributed by atoms with Crippen molar-refractivity contribution in [1.29, 1.82) is 0 Å². The SMILES string of the molecule is OCC1CCCC1CNC1CCCC(C2CC2)C1. The summed E-state index contributed by atoms with van der Waals surface area (Å²) in [5, 5.41) is 13.2. The molecule has 104 valence electrons. The van der Waals surface area contributed by atoms with Gasteiger partial charge in [-0.2, -0.15) is 0 Å². The molecule has 4 unspecified atom stereocenters. The van der Waals surface area contributed by atoms with Crippen LogP contribution in [-0.2, 0) is 0 Å². The van der Waals surface area contributed by atoms with Crippen molar-refractivity contribution in [3.8, 4) is 0 Å². The van der Waals surface area contributed by atoms with Crippen molar-refractivity contribution in [2.75, 3.05) is 13.2 Å². The predicted molar refractivity (Wildman–Crippen MR) is 74.4 cm³/mol. The van der Waals surface area contributed by atoms with E-state index in [0.717, 1.165) is 30.3 Å². The molecule has 3 saturated carbocycles. The first-order chi connectivity index (χ1) is 8.86. The van der Waals surface area contributed by atoms with E-state index in [1.807, 2.05) is 0 Å². The topological polar surface area (TPSA) is 32.3 Å². The number of nitrogens with one attached hydrogen (secondary N) is 1. The molecule has 2 nitrogen and oxygen atoms in total. The molecular formula is C16H29NO. The van der Waals surface area contributed by atoms with Crippen LogP contribution in [0.2, 0.25) is 0 Å². The number of aliphatic hydroxyl groups excluding tert-OH is 1. The molecule has 0 aromatic carbocycles. The molecule has 3 fully saturated rings. The first kappa shape index (κ1) is 12.9. The average molecular weight is 251 g/mol. The minimum absolute atomic E-state index is 0.404. The van der Waals surface area contributed by atoms with Crippen molar-refractivity contribution < 1.29 is 5.11 Å². The van der Waals surface area contributed by atoms with Gasteiger partial charge in [0, 0.05) is 12.6 Å². The zero-order valence-electron chi connectivity index (χ0n) is 11.6. The monoisotopic (exact) mass is 251 g/mol. The van der Waals surface area contributed by atoms with Gasteiger partial charge in [0.25, 0.3) is 0 Å². The number of aliphatic hydroxyl groups is 1. The number of rotatable bonds is 5. The summed E-state index contributed by atoms with van der Waals surface area (Å²) in [7, 11) is 0. The fraction of sp³-hybridized carbons (Fsp3) is 1.00. The van der Waals surface area contributed by atoms with E-state index < -0.39 is 0 Å². The minimum Gasteiger partial charge on any atom is -0.396 e. The Morgan fingerprint density at radius 1 is 0.833 bits per heavy atom. The predicted octanol–water partition coefficient (Wildman–Crippen LogP) is 2.95. The largest absolute Gasteiger partial charge is 0.396 e. The van der Waals surface area contributed by atoms with Gasteiger partial charge in [-0.25, -0.2) is 0 Å². The highest BCUT2D eigenvalue weighted by molar-refractivity contribution is 4.88. The third kappa shape index (κ3) is 3.08. The Kier molecular flexibility index (Phi) is 4.25. The number of hydrogen-bond acceptors (Lipinski definition) is 2. The molecular weight excluding hydrogens is 222 g/mol. The fourth-order valence-electron chi connectivity index (χ4n) is 4.35. The second kappa shape index (κ2) is 5.92. The van der Waals surface area contributed by atoms with Gasteiger partial charge in [0.05, 0.1) is 0 Å². The lowest BCUT2D eigenvalue weighted by Gasteiger charge is -2.31. The van der Waals surface area contributed by atoms with Crippen molar-refractivity contribution in [2.24, 2.45) is 23.7 Å². The second-order valence-electron chi connectivity index (χ2n) is 7.00. The van der Waals surface area contributed by atoms with E-state index in [9.17, 15) is 5.11 Å². The lowest BCUT2D eigenvalue weighted by atomic mass is 9.82. The maximum atomic E-state index is 9.37. The molecule has 4 atom stereocenters. The molecule has 2 heteroatoms. The van der Waals surface area contributed by atoms with Crippen LogP contribution in [0, 0.1) is 23.7 Å². The Morgan fingerprint density at radius 2 is 1.61 bits per heavy atom. The standard InChI is InChI=1S/C16H29NO/c18-11-15-5-1-4-14(15)10-17-16-6-2-3-13(9-16)12-7-8-12/h12-18H,1-11H2.